The van der Waals surface area contributed by atoms with Crippen molar-refractivity contribution in [1.82, 2.24) is 5.32 Å². The fourth-order valence-corrected chi connectivity index (χ4v) is 4.22. The Morgan fingerprint density at radius 1 is 1.38 bits per heavy atom. The Bertz CT molecular complexity index is 864. The van der Waals surface area contributed by atoms with Crippen molar-refractivity contribution in [3.05, 3.63) is 29.3 Å². The van der Waals surface area contributed by atoms with E-state index in [1.807, 2.05) is 20.8 Å². The average Bonchev–Trinajstić information content (AvgIpc) is 2.43. The SMILES string of the molecule is CC(C)(C)NC(=S)C1c2cc(C#N)ccc2OC(C)(C)C1OS(C)(=O)=O. The quantitative estimate of drug-likeness (QED) is 0.621. The van der Waals surface area contributed by atoms with E-state index in [2.05, 4.69) is 11.4 Å². The highest BCUT2D eigenvalue weighted by molar-refractivity contribution is 7.86. The molecule has 0 saturated carbocycles. The number of benzene rings is 1. The van der Waals surface area contributed by atoms with Crippen LogP contribution in [0.15, 0.2) is 18.2 Å². The molecule has 1 aliphatic heterocycles. The third-order valence-electron chi connectivity index (χ3n) is 3.89. The van der Waals surface area contributed by atoms with Crippen LogP contribution in [0.4, 0.5) is 0 Å². The summed E-state index contributed by atoms with van der Waals surface area (Å²) in [6.07, 6.45) is 0.128. The second-order valence-corrected chi connectivity index (χ2v) is 10.0. The van der Waals surface area contributed by atoms with Crippen molar-refractivity contribution < 1.29 is 17.3 Å². The largest absolute Gasteiger partial charge is 0.485 e. The number of hydrogen-bond donors (Lipinski definition) is 1. The van der Waals surface area contributed by atoms with Crippen LogP contribution in [0.25, 0.3) is 0 Å². The van der Waals surface area contributed by atoms with Crippen molar-refractivity contribution >= 4 is 27.3 Å². The maximum atomic E-state index is 11.9. The number of hydrogen-bond acceptors (Lipinski definition) is 6. The van der Waals surface area contributed by atoms with E-state index in [1.54, 1.807) is 32.0 Å². The molecule has 1 aliphatic rings. The Hall–Kier alpha value is -1.69. The number of ether oxygens (including phenoxy) is 1. The van der Waals surface area contributed by atoms with E-state index < -0.39 is 27.7 Å². The molecule has 2 rings (SSSR count). The highest BCUT2D eigenvalue weighted by Crippen LogP contribution is 2.44. The van der Waals surface area contributed by atoms with Crippen LogP contribution in [0.5, 0.6) is 5.75 Å². The summed E-state index contributed by atoms with van der Waals surface area (Å²) in [6.45, 7) is 9.40. The van der Waals surface area contributed by atoms with E-state index in [4.69, 9.17) is 21.1 Å². The summed E-state index contributed by atoms with van der Waals surface area (Å²) < 4.78 is 35.2. The molecule has 0 amide bonds. The van der Waals surface area contributed by atoms with Gasteiger partial charge in [0.1, 0.15) is 17.5 Å². The van der Waals surface area contributed by atoms with Gasteiger partial charge in [0, 0.05) is 11.1 Å². The number of thiocarbonyl (C=S) groups is 1. The summed E-state index contributed by atoms with van der Waals surface area (Å²) in [4.78, 5) is 0.443. The van der Waals surface area contributed by atoms with Crippen LogP contribution < -0.4 is 10.1 Å². The normalized spacial score (nSPS) is 21.9. The van der Waals surface area contributed by atoms with E-state index >= 15 is 0 Å². The number of nitriles is 1. The fourth-order valence-electron chi connectivity index (χ4n) is 2.95. The Labute approximate surface area is 160 Å². The van der Waals surface area contributed by atoms with Crippen LogP contribution >= 0.6 is 12.2 Å². The minimum absolute atomic E-state index is 0.317. The summed E-state index contributed by atoms with van der Waals surface area (Å²) >= 11 is 5.62. The topological polar surface area (TPSA) is 88.4 Å². The average molecular weight is 397 g/mol. The first kappa shape index (κ1) is 20.6. The van der Waals surface area contributed by atoms with Crippen LogP contribution in [0, 0.1) is 11.3 Å². The molecule has 1 N–H and O–H groups in total. The van der Waals surface area contributed by atoms with E-state index in [9.17, 15) is 13.7 Å². The molecule has 0 saturated heterocycles. The first-order chi connectivity index (χ1) is 11.7. The van der Waals surface area contributed by atoms with Crippen molar-refractivity contribution in [2.24, 2.45) is 0 Å². The Kier molecular flexibility index (Phi) is 5.39. The minimum atomic E-state index is -3.76. The molecule has 8 heteroatoms. The lowest BCUT2D eigenvalue weighted by molar-refractivity contribution is -0.0289. The molecule has 1 heterocycles. The maximum absolute atomic E-state index is 11.9. The fraction of sp³-hybridized carbons (Fsp3) is 0.556. The molecule has 0 spiro atoms. The molecule has 1 aromatic carbocycles. The summed E-state index contributed by atoms with van der Waals surface area (Å²) in [7, 11) is -3.76. The van der Waals surface area contributed by atoms with Crippen molar-refractivity contribution in [3.63, 3.8) is 0 Å². The lowest BCUT2D eigenvalue weighted by Crippen LogP contribution is -2.56. The molecule has 6 nitrogen and oxygen atoms in total. The molecule has 142 valence electrons. The second-order valence-electron chi connectivity index (χ2n) is 8.01. The Balaban J connectivity index is 2.64. The Morgan fingerprint density at radius 3 is 2.50 bits per heavy atom. The second kappa shape index (κ2) is 6.80. The zero-order valence-corrected chi connectivity index (χ0v) is 17.4. The third kappa shape index (κ3) is 4.72. The highest BCUT2D eigenvalue weighted by atomic mass is 32.2. The standard InChI is InChI=1S/C18H24N2O4S2/c1-17(2,3)20-16(25)14-12-9-11(10-19)7-8-13(12)23-18(4,5)15(14)24-26(6,21)22/h7-9,14-15H,1-6H3,(H,20,25). The zero-order chi connectivity index (χ0) is 19.9. The van der Waals surface area contributed by atoms with Gasteiger partial charge in [0.05, 0.1) is 28.8 Å². The van der Waals surface area contributed by atoms with Gasteiger partial charge in [0.25, 0.3) is 10.1 Å². The smallest absolute Gasteiger partial charge is 0.264 e. The summed E-state index contributed by atoms with van der Waals surface area (Å²) in [5.41, 5.74) is -0.187. The van der Waals surface area contributed by atoms with Gasteiger partial charge >= 0.3 is 0 Å². The van der Waals surface area contributed by atoms with Crippen molar-refractivity contribution in [3.8, 4) is 11.8 Å². The van der Waals surface area contributed by atoms with Crippen LogP contribution in [-0.2, 0) is 14.3 Å². The molecule has 26 heavy (non-hydrogen) atoms. The molecular weight excluding hydrogens is 372 g/mol. The van der Waals surface area contributed by atoms with E-state index in [0.29, 0.717) is 21.9 Å². The lowest BCUT2D eigenvalue weighted by Gasteiger charge is -2.44. The predicted octanol–water partition coefficient (Wildman–Crippen LogP) is 2.87. The molecule has 0 fully saturated rings. The summed E-state index contributed by atoms with van der Waals surface area (Å²) in [6, 6.07) is 7.13. The number of nitrogens with one attached hydrogen (secondary N) is 1. The first-order valence-electron chi connectivity index (χ1n) is 8.17. The van der Waals surface area contributed by atoms with Gasteiger partial charge in [0.2, 0.25) is 0 Å². The summed E-state index contributed by atoms with van der Waals surface area (Å²) in [5, 5.41) is 12.5. The van der Waals surface area contributed by atoms with Gasteiger partial charge in [0.15, 0.2) is 0 Å². The van der Waals surface area contributed by atoms with Crippen LogP contribution in [0.3, 0.4) is 0 Å². The number of nitrogens with zero attached hydrogens (tertiary/aromatic N) is 1. The highest BCUT2D eigenvalue weighted by Gasteiger charge is 2.48. The van der Waals surface area contributed by atoms with Gasteiger partial charge in [-0.05, 0) is 52.8 Å². The monoisotopic (exact) mass is 396 g/mol. The maximum Gasteiger partial charge on any atom is 0.264 e. The third-order valence-corrected chi connectivity index (χ3v) is 4.81. The molecule has 1 aromatic rings. The zero-order valence-electron chi connectivity index (χ0n) is 15.8. The molecule has 2 atom stereocenters. The van der Waals surface area contributed by atoms with E-state index in [1.165, 1.54) is 0 Å². The summed E-state index contributed by atoms with van der Waals surface area (Å²) in [5.74, 6) is -0.0172. The van der Waals surface area contributed by atoms with Crippen molar-refractivity contribution in [2.75, 3.05) is 6.26 Å². The predicted molar refractivity (Wildman–Crippen MR) is 104 cm³/mol. The van der Waals surface area contributed by atoms with Crippen LogP contribution in [0.1, 0.15) is 51.7 Å². The van der Waals surface area contributed by atoms with Crippen molar-refractivity contribution in [2.45, 2.75) is 57.8 Å². The Morgan fingerprint density at radius 2 is 2.00 bits per heavy atom. The first-order valence-corrected chi connectivity index (χ1v) is 10.4. The van der Waals surface area contributed by atoms with Gasteiger partial charge in [-0.1, -0.05) is 12.2 Å². The van der Waals surface area contributed by atoms with E-state index in [0.717, 1.165) is 6.26 Å². The molecule has 0 bridgehead atoms. The molecule has 0 radical (unpaired) electrons. The molecule has 0 aliphatic carbocycles. The van der Waals surface area contributed by atoms with Crippen LogP contribution in [0.2, 0.25) is 0 Å². The molecule has 0 aromatic heterocycles. The van der Waals surface area contributed by atoms with Gasteiger partial charge in [-0.25, -0.2) is 0 Å². The van der Waals surface area contributed by atoms with Crippen LogP contribution in [-0.4, -0.2) is 36.9 Å². The molecular formula is C18H24N2O4S2. The van der Waals surface area contributed by atoms with Crippen molar-refractivity contribution in [1.29, 1.82) is 5.26 Å². The van der Waals surface area contributed by atoms with Gasteiger partial charge in [-0.3, -0.25) is 4.18 Å². The minimum Gasteiger partial charge on any atom is -0.485 e. The van der Waals surface area contributed by atoms with Gasteiger partial charge in [-0.15, -0.1) is 0 Å². The molecule has 2 unspecified atom stereocenters. The van der Waals surface area contributed by atoms with Gasteiger partial charge < -0.3 is 10.1 Å². The lowest BCUT2D eigenvalue weighted by atomic mass is 9.80. The van der Waals surface area contributed by atoms with E-state index in [-0.39, 0.29) is 5.54 Å². The van der Waals surface area contributed by atoms with Gasteiger partial charge in [-0.2, -0.15) is 13.7 Å². The number of rotatable bonds is 3. The number of fused-ring (bicyclic) bond motifs is 1.